The molecule has 2 aromatic carbocycles. The van der Waals surface area contributed by atoms with Gasteiger partial charge in [-0.1, -0.05) is 120 Å². The fourth-order valence-electron chi connectivity index (χ4n) is 6.42. The third kappa shape index (κ3) is 11.4. The Morgan fingerprint density at radius 1 is 0.955 bits per heavy atom. The number of anilines is 1. The van der Waals surface area contributed by atoms with Crippen LogP contribution in [0, 0.1) is 0 Å². The lowest BCUT2D eigenvalue weighted by Crippen LogP contribution is -2.41. The summed E-state index contributed by atoms with van der Waals surface area (Å²) in [6, 6.07) is 12.9. The molecule has 8 heteroatoms. The number of carbonyl (C=O) groups excluding carboxylic acids is 1. The largest absolute Gasteiger partial charge is 0.416 e. The van der Waals surface area contributed by atoms with Gasteiger partial charge in [0.15, 0.2) is 0 Å². The first-order chi connectivity index (χ1) is 21.1. The second kappa shape index (κ2) is 18.4. The number of aliphatic hydroxyl groups is 1. The van der Waals surface area contributed by atoms with Crippen LogP contribution in [0.5, 0.6) is 0 Å². The Labute approximate surface area is 263 Å². The molecule has 0 aromatic heterocycles. The van der Waals surface area contributed by atoms with Crippen LogP contribution in [-0.4, -0.2) is 53.6 Å². The molecule has 0 saturated carbocycles. The Morgan fingerprint density at radius 2 is 1.55 bits per heavy atom. The molecule has 246 valence electrons. The summed E-state index contributed by atoms with van der Waals surface area (Å²) in [5.41, 5.74) is 6.86. The quantitative estimate of drug-likeness (QED) is 0.122. The highest BCUT2D eigenvalue weighted by Crippen LogP contribution is 2.37. The van der Waals surface area contributed by atoms with Gasteiger partial charge < -0.3 is 15.7 Å². The monoisotopic (exact) mass is 617 g/mol. The first kappa shape index (κ1) is 35.9. The molecule has 3 rings (SSSR count). The number of alkyl halides is 3. The van der Waals surface area contributed by atoms with E-state index >= 15 is 0 Å². The van der Waals surface area contributed by atoms with Gasteiger partial charge in [0.25, 0.3) is 0 Å². The van der Waals surface area contributed by atoms with Gasteiger partial charge in [0, 0.05) is 32.4 Å². The van der Waals surface area contributed by atoms with Gasteiger partial charge in [-0.3, -0.25) is 9.69 Å². The average molecular weight is 618 g/mol. The summed E-state index contributed by atoms with van der Waals surface area (Å²) in [4.78, 5) is 18.1. The van der Waals surface area contributed by atoms with Crippen molar-refractivity contribution in [1.29, 1.82) is 0 Å². The van der Waals surface area contributed by atoms with E-state index in [9.17, 15) is 23.1 Å². The van der Waals surface area contributed by atoms with Gasteiger partial charge in [-0.2, -0.15) is 13.2 Å². The van der Waals surface area contributed by atoms with E-state index in [-0.39, 0.29) is 23.7 Å². The SMILES string of the molecule is CCCCCCCCCCCCCCC(C(=O)N(C)C(CN1CC[C@H](O)C1)c1ccccc1)c1ccc(C(F)(F)F)cc1N. The molecule has 1 fully saturated rings. The zero-order valence-electron chi connectivity index (χ0n) is 26.8. The van der Waals surface area contributed by atoms with E-state index in [1.54, 1.807) is 11.9 Å². The van der Waals surface area contributed by atoms with Gasteiger partial charge in [-0.05, 0) is 36.1 Å². The number of hydrogen-bond donors (Lipinski definition) is 2. The Morgan fingerprint density at radius 3 is 2.07 bits per heavy atom. The molecular formula is C36H54F3N3O2. The Balaban J connectivity index is 1.68. The number of nitrogen functional groups attached to an aromatic ring is 1. The van der Waals surface area contributed by atoms with Gasteiger partial charge in [0.1, 0.15) is 0 Å². The number of unbranched alkanes of at least 4 members (excludes halogenated alkanes) is 11. The molecule has 1 aliphatic heterocycles. The highest BCUT2D eigenvalue weighted by atomic mass is 19.4. The van der Waals surface area contributed by atoms with Crippen molar-refractivity contribution in [2.75, 3.05) is 32.4 Å². The van der Waals surface area contributed by atoms with Crippen LogP contribution in [0.3, 0.4) is 0 Å². The maximum Gasteiger partial charge on any atom is 0.416 e. The molecule has 0 aliphatic carbocycles. The summed E-state index contributed by atoms with van der Waals surface area (Å²) >= 11 is 0. The fraction of sp³-hybridized carbons (Fsp3) is 0.639. The highest BCUT2D eigenvalue weighted by Gasteiger charge is 2.35. The zero-order valence-corrected chi connectivity index (χ0v) is 26.8. The number of likely N-dealkylation sites (tertiary alicyclic amines) is 1. The van der Waals surface area contributed by atoms with E-state index in [0.717, 1.165) is 49.9 Å². The average Bonchev–Trinajstić information content (AvgIpc) is 3.42. The van der Waals surface area contributed by atoms with Gasteiger partial charge in [0.05, 0.1) is 23.6 Å². The molecule has 1 aliphatic rings. The van der Waals surface area contributed by atoms with E-state index in [1.165, 1.54) is 57.4 Å². The van der Waals surface area contributed by atoms with Crippen molar-refractivity contribution in [3.05, 3.63) is 65.2 Å². The van der Waals surface area contributed by atoms with Crippen molar-refractivity contribution in [1.82, 2.24) is 9.80 Å². The molecule has 1 saturated heterocycles. The number of likely N-dealkylation sites (N-methyl/N-ethyl adjacent to an activating group) is 1. The second-order valence-corrected chi connectivity index (χ2v) is 12.6. The summed E-state index contributed by atoms with van der Waals surface area (Å²) < 4.78 is 40.3. The summed E-state index contributed by atoms with van der Waals surface area (Å²) in [6.45, 7) is 4.11. The Bertz CT molecular complexity index is 1110. The van der Waals surface area contributed by atoms with Crippen LogP contribution >= 0.6 is 0 Å². The van der Waals surface area contributed by atoms with Crippen LogP contribution in [0.1, 0.15) is 125 Å². The lowest BCUT2D eigenvalue weighted by Gasteiger charge is -2.35. The van der Waals surface area contributed by atoms with Crippen LogP contribution in [0.15, 0.2) is 48.5 Å². The maximum atomic E-state index is 14.2. The summed E-state index contributed by atoms with van der Waals surface area (Å²) in [7, 11) is 1.78. The van der Waals surface area contributed by atoms with Crippen LogP contribution < -0.4 is 5.73 Å². The lowest BCUT2D eigenvalue weighted by atomic mass is 9.88. The molecule has 0 spiro atoms. The van der Waals surface area contributed by atoms with E-state index in [1.807, 2.05) is 30.3 Å². The summed E-state index contributed by atoms with van der Waals surface area (Å²) in [5, 5.41) is 10.1. The zero-order chi connectivity index (χ0) is 32.0. The molecule has 1 amide bonds. The molecule has 3 N–H and O–H groups in total. The normalized spacial score (nSPS) is 17.1. The maximum absolute atomic E-state index is 14.2. The number of rotatable bonds is 19. The van der Waals surface area contributed by atoms with Crippen molar-refractivity contribution >= 4 is 11.6 Å². The molecule has 2 unspecified atom stereocenters. The molecule has 3 atom stereocenters. The van der Waals surface area contributed by atoms with Gasteiger partial charge in [0.2, 0.25) is 5.91 Å². The van der Waals surface area contributed by atoms with Crippen molar-refractivity contribution < 1.29 is 23.1 Å². The van der Waals surface area contributed by atoms with Crippen LogP contribution in [-0.2, 0) is 11.0 Å². The fourth-order valence-corrected chi connectivity index (χ4v) is 6.42. The summed E-state index contributed by atoms with van der Waals surface area (Å²) in [5.74, 6) is -0.783. The number of hydrogen-bond acceptors (Lipinski definition) is 4. The third-order valence-electron chi connectivity index (χ3n) is 9.11. The van der Waals surface area contributed by atoms with Crippen LogP contribution in [0.2, 0.25) is 0 Å². The second-order valence-electron chi connectivity index (χ2n) is 12.6. The predicted molar refractivity (Wildman–Crippen MR) is 173 cm³/mol. The Hall–Kier alpha value is -2.58. The first-order valence-electron chi connectivity index (χ1n) is 16.8. The molecular weight excluding hydrogens is 563 g/mol. The van der Waals surface area contributed by atoms with Crippen molar-refractivity contribution in [2.45, 2.75) is 121 Å². The molecule has 44 heavy (non-hydrogen) atoms. The number of nitrogens with two attached hydrogens (primary N) is 1. The molecule has 0 bridgehead atoms. The minimum Gasteiger partial charge on any atom is -0.398 e. The number of β-amino-alcohol motifs (C(OH)–C–C–N with tert-alkyl or cyclic N) is 1. The van der Waals surface area contributed by atoms with Crippen molar-refractivity contribution in [3.63, 3.8) is 0 Å². The third-order valence-corrected chi connectivity index (χ3v) is 9.11. The molecule has 2 aromatic rings. The number of carbonyl (C=O) groups is 1. The minimum absolute atomic E-state index is 0.00411. The van der Waals surface area contributed by atoms with Gasteiger partial charge in [-0.25, -0.2) is 0 Å². The molecule has 0 radical (unpaired) electrons. The lowest BCUT2D eigenvalue weighted by molar-refractivity contribution is -0.137. The molecule has 5 nitrogen and oxygen atoms in total. The smallest absolute Gasteiger partial charge is 0.398 e. The van der Waals surface area contributed by atoms with Crippen molar-refractivity contribution in [2.24, 2.45) is 0 Å². The number of aliphatic hydroxyl groups excluding tert-OH is 1. The van der Waals surface area contributed by atoms with Gasteiger partial charge in [-0.15, -0.1) is 0 Å². The Kier molecular flexibility index (Phi) is 15.0. The topological polar surface area (TPSA) is 69.8 Å². The van der Waals surface area contributed by atoms with E-state index in [4.69, 9.17) is 5.73 Å². The van der Waals surface area contributed by atoms with Crippen LogP contribution in [0.4, 0.5) is 18.9 Å². The number of amides is 1. The predicted octanol–water partition coefficient (Wildman–Crippen LogP) is 8.73. The first-order valence-corrected chi connectivity index (χ1v) is 16.8. The molecule has 1 heterocycles. The van der Waals surface area contributed by atoms with Crippen molar-refractivity contribution in [3.8, 4) is 0 Å². The van der Waals surface area contributed by atoms with E-state index in [0.29, 0.717) is 31.5 Å². The summed E-state index contributed by atoms with van der Waals surface area (Å²) in [6.07, 6.45) is 10.7. The van der Waals surface area contributed by atoms with E-state index in [2.05, 4.69) is 11.8 Å². The number of benzene rings is 2. The van der Waals surface area contributed by atoms with E-state index < -0.39 is 17.7 Å². The number of halogens is 3. The van der Waals surface area contributed by atoms with Gasteiger partial charge >= 0.3 is 6.18 Å². The highest BCUT2D eigenvalue weighted by molar-refractivity contribution is 5.85. The number of nitrogens with zero attached hydrogens (tertiary/aromatic N) is 2. The standard InChI is InChI=1S/C36H54F3N3O2/c1-3-4-5-6-7-8-9-10-11-12-13-17-20-32(31-22-21-29(25-33(31)40)36(37,38)39)35(44)41(2)34(28-18-15-14-16-19-28)27-42-24-23-30(43)26-42/h14-16,18-19,21-22,25,30,32,34,43H,3-13,17,20,23-24,26-27,40H2,1-2H3/t30-,32?,34?/m0/s1. The minimum atomic E-state index is -4.50. The van der Waals surface area contributed by atoms with Crippen LogP contribution in [0.25, 0.3) is 0 Å².